The van der Waals surface area contributed by atoms with Crippen LogP contribution >= 0.6 is 0 Å². The molecule has 0 saturated carbocycles. The molecule has 1 spiro atoms. The summed E-state index contributed by atoms with van der Waals surface area (Å²) in [6.45, 7) is 3.46. The van der Waals surface area contributed by atoms with Crippen LogP contribution in [0.3, 0.4) is 0 Å². The third-order valence-corrected chi connectivity index (χ3v) is 5.96. The highest BCUT2D eigenvalue weighted by Crippen LogP contribution is 2.37. The van der Waals surface area contributed by atoms with Gasteiger partial charge in [-0.1, -0.05) is 0 Å². The van der Waals surface area contributed by atoms with E-state index in [2.05, 4.69) is 20.8 Å². The van der Waals surface area contributed by atoms with Crippen LogP contribution in [-0.4, -0.2) is 53.7 Å². The van der Waals surface area contributed by atoms with Crippen LogP contribution in [0.5, 0.6) is 0 Å². The zero-order valence-electron chi connectivity index (χ0n) is 15.6. The van der Waals surface area contributed by atoms with E-state index in [4.69, 9.17) is 0 Å². The average Bonchev–Trinajstić information content (AvgIpc) is 3.30. The summed E-state index contributed by atoms with van der Waals surface area (Å²) in [5, 5.41) is 13.9. The number of aromatic amines is 1. The van der Waals surface area contributed by atoms with Gasteiger partial charge >= 0.3 is 0 Å². The van der Waals surface area contributed by atoms with Gasteiger partial charge in [-0.25, -0.2) is 4.39 Å². The van der Waals surface area contributed by atoms with Crippen LogP contribution in [0.25, 0.3) is 11.3 Å². The summed E-state index contributed by atoms with van der Waals surface area (Å²) in [4.78, 5) is 14.7. The SMILES string of the molecule is CN(Cc1cn[nH]c1-c1ccc(F)cc1)C(=O)[C@H]1CC2(CCNCC2)CN1. The Kier molecular flexibility index (Phi) is 4.97. The van der Waals surface area contributed by atoms with Gasteiger partial charge in [0.2, 0.25) is 5.91 Å². The molecule has 0 unspecified atom stereocenters. The van der Waals surface area contributed by atoms with Crippen molar-refractivity contribution in [3.8, 4) is 11.3 Å². The van der Waals surface area contributed by atoms with Crippen molar-refractivity contribution in [2.45, 2.75) is 31.8 Å². The molecule has 0 aliphatic carbocycles. The second-order valence-corrected chi connectivity index (χ2v) is 7.86. The summed E-state index contributed by atoms with van der Waals surface area (Å²) in [6.07, 6.45) is 4.90. The lowest BCUT2D eigenvalue weighted by atomic mass is 9.77. The van der Waals surface area contributed by atoms with E-state index in [1.54, 1.807) is 23.2 Å². The van der Waals surface area contributed by atoms with Crippen molar-refractivity contribution in [2.24, 2.45) is 5.41 Å². The Morgan fingerprint density at radius 2 is 2.04 bits per heavy atom. The van der Waals surface area contributed by atoms with E-state index in [1.807, 2.05) is 7.05 Å². The zero-order valence-corrected chi connectivity index (χ0v) is 15.6. The second kappa shape index (κ2) is 7.40. The monoisotopic (exact) mass is 371 g/mol. The van der Waals surface area contributed by atoms with Crippen LogP contribution in [-0.2, 0) is 11.3 Å². The Bertz CT molecular complexity index is 797. The highest BCUT2D eigenvalue weighted by atomic mass is 19.1. The summed E-state index contributed by atoms with van der Waals surface area (Å²) in [5.74, 6) is -0.150. The minimum atomic E-state index is -0.272. The number of hydrogen-bond donors (Lipinski definition) is 3. The van der Waals surface area contributed by atoms with Gasteiger partial charge in [0, 0.05) is 31.3 Å². The lowest BCUT2D eigenvalue weighted by Crippen LogP contribution is -2.41. The number of piperidine rings is 1. The molecular formula is C20H26FN5O. The molecule has 2 saturated heterocycles. The molecule has 7 heteroatoms. The van der Waals surface area contributed by atoms with Gasteiger partial charge in [0.05, 0.1) is 17.9 Å². The molecular weight excluding hydrogens is 345 g/mol. The van der Waals surface area contributed by atoms with E-state index in [0.717, 1.165) is 55.7 Å². The largest absolute Gasteiger partial charge is 0.340 e. The number of hydrogen-bond acceptors (Lipinski definition) is 4. The Labute approximate surface area is 158 Å². The lowest BCUT2D eigenvalue weighted by molar-refractivity contribution is -0.132. The first-order chi connectivity index (χ1) is 13.1. The van der Waals surface area contributed by atoms with Gasteiger partial charge in [-0.2, -0.15) is 5.10 Å². The number of halogens is 1. The molecule has 1 aromatic heterocycles. The number of carbonyl (C=O) groups excluding carboxylic acids is 1. The van der Waals surface area contributed by atoms with E-state index in [1.165, 1.54) is 12.1 Å². The summed E-state index contributed by atoms with van der Waals surface area (Å²) in [6, 6.07) is 6.17. The molecule has 144 valence electrons. The molecule has 1 amide bonds. The van der Waals surface area contributed by atoms with Crippen molar-refractivity contribution < 1.29 is 9.18 Å². The fraction of sp³-hybridized carbons (Fsp3) is 0.500. The van der Waals surface area contributed by atoms with Gasteiger partial charge < -0.3 is 15.5 Å². The third-order valence-electron chi connectivity index (χ3n) is 5.96. The van der Waals surface area contributed by atoms with Crippen LogP contribution in [0, 0.1) is 11.2 Å². The number of nitrogens with zero attached hydrogens (tertiary/aromatic N) is 2. The second-order valence-electron chi connectivity index (χ2n) is 7.86. The summed E-state index contributed by atoms with van der Waals surface area (Å²) in [7, 11) is 1.83. The van der Waals surface area contributed by atoms with E-state index in [-0.39, 0.29) is 23.2 Å². The normalized spacial score (nSPS) is 21.5. The van der Waals surface area contributed by atoms with Gasteiger partial charge in [0.15, 0.2) is 0 Å². The Hall–Kier alpha value is -2.25. The molecule has 1 aromatic carbocycles. The van der Waals surface area contributed by atoms with Crippen LogP contribution in [0.15, 0.2) is 30.5 Å². The average molecular weight is 371 g/mol. The predicted octanol–water partition coefficient (Wildman–Crippen LogP) is 1.91. The van der Waals surface area contributed by atoms with E-state index >= 15 is 0 Å². The molecule has 27 heavy (non-hydrogen) atoms. The number of aromatic nitrogens is 2. The maximum absolute atomic E-state index is 13.2. The zero-order chi connectivity index (χ0) is 18.9. The van der Waals surface area contributed by atoms with Crippen molar-refractivity contribution in [1.29, 1.82) is 0 Å². The number of H-pyrrole nitrogens is 1. The molecule has 2 aromatic rings. The van der Waals surface area contributed by atoms with Crippen molar-refractivity contribution >= 4 is 5.91 Å². The molecule has 2 fully saturated rings. The van der Waals surface area contributed by atoms with Crippen molar-refractivity contribution in [1.82, 2.24) is 25.7 Å². The molecule has 2 aliphatic heterocycles. The van der Waals surface area contributed by atoms with Crippen molar-refractivity contribution in [3.05, 3.63) is 41.8 Å². The maximum Gasteiger partial charge on any atom is 0.239 e. The third kappa shape index (κ3) is 3.75. The molecule has 0 bridgehead atoms. The Balaban J connectivity index is 1.42. The van der Waals surface area contributed by atoms with Crippen LogP contribution in [0.2, 0.25) is 0 Å². The predicted molar refractivity (Wildman–Crippen MR) is 101 cm³/mol. The van der Waals surface area contributed by atoms with Crippen LogP contribution < -0.4 is 10.6 Å². The quantitative estimate of drug-likeness (QED) is 0.768. The molecule has 1 atom stereocenters. The fourth-order valence-electron chi connectivity index (χ4n) is 4.33. The van der Waals surface area contributed by atoms with Gasteiger partial charge in [0.1, 0.15) is 5.82 Å². The number of rotatable bonds is 4. The topological polar surface area (TPSA) is 73.0 Å². The first kappa shape index (κ1) is 18.1. The number of amides is 1. The fourth-order valence-corrected chi connectivity index (χ4v) is 4.33. The van der Waals surface area contributed by atoms with Gasteiger partial charge in [-0.05, 0) is 62.0 Å². The smallest absolute Gasteiger partial charge is 0.239 e. The minimum absolute atomic E-state index is 0.116. The minimum Gasteiger partial charge on any atom is -0.340 e. The molecule has 6 nitrogen and oxygen atoms in total. The van der Waals surface area contributed by atoms with Crippen LogP contribution in [0.1, 0.15) is 24.8 Å². The highest BCUT2D eigenvalue weighted by molar-refractivity contribution is 5.82. The number of likely N-dealkylation sites (N-methyl/N-ethyl adjacent to an activating group) is 1. The number of carbonyl (C=O) groups is 1. The van der Waals surface area contributed by atoms with Gasteiger partial charge in [-0.3, -0.25) is 9.89 Å². The molecule has 3 heterocycles. The Morgan fingerprint density at radius 1 is 1.30 bits per heavy atom. The molecule has 0 radical (unpaired) electrons. The van der Waals surface area contributed by atoms with Gasteiger partial charge in [0.25, 0.3) is 0 Å². The molecule has 2 aliphatic rings. The first-order valence-corrected chi connectivity index (χ1v) is 9.54. The number of nitrogens with one attached hydrogen (secondary N) is 3. The first-order valence-electron chi connectivity index (χ1n) is 9.54. The highest BCUT2D eigenvalue weighted by Gasteiger charge is 2.42. The summed E-state index contributed by atoms with van der Waals surface area (Å²) < 4.78 is 13.2. The van der Waals surface area contributed by atoms with Crippen molar-refractivity contribution in [2.75, 3.05) is 26.7 Å². The van der Waals surface area contributed by atoms with Crippen molar-refractivity contribution in [3.63, 3.8) is 0 Å². The van der Waals surface area contributed by atoms with E-state index < -0.39 is 0 Å². The maximum atomic E-state index is 13.2. The molecule has 3 N–H and O–H groups in total. The Morgan fingerprint density at radius 3 is 2.78 bits per heavy atom. The van der Waals surface area contributed by atoms with Gasteiger partial charge in [-0.15, -0.1) is 0 Å². The van der Waals surface area contributed by atoms with E-state index in [9.17, 15) is 9.18 Å². The standard InChI is InChI=1S/C20H26FN5O/c1-26(19(27)17-10-20(13-23-17)6-8-22-9-7-20)12-15-11-24-25-18(15)14-2-4-16(21)5-3-14/h2-5,11,17,22-23H,6-10,12-13H2,1H3,(H,24,25)/t17-/m1/s1. The molecule has 4 rings (SSSR count). The lowest BCUT2D eigenvalue weighted by Gasteiger charge is -2.33. The summed E-state index contributed by atoms with van der Waals surface area (Å²) >= 11 is 0. The van der Waals surface area contributed by atoms with Crippen LogP contribution in [0.4, 0.5) is 4.39 Å². The summed E-state index contributed by atoms with van der Waals surface area (Å²) in [5.41, 5.74) is 2.87. The van der Waals surface area contributed by atoms with E-state index in [0.29, 0.717) is 6.54 Å². The number of benzene rings is 1.